The second-order valence-corrected chi connectivity index (χ2v) is 17.2. The topological polar surface area (TPSA) is 119 Å². The molecule has 1 aliphatic heterocycles. The molecule has 1 heterocycles. The number of fused-ring (bicyclic) bond motifs is 5. The van der Waals surface area contributed by atoms with Crippen LogP contribution in [0.5, 0.6) is 0 Å². The van der Waals surface area contributed by atoms with E-state index in [1.807, 2.05) is 13.8 Å². The minimum absolute atomic E-state index is 0.173. The first-order valence-corrected chi connectivity index (χ1v) is 18.1. The van der Waals surface area contributed by atoms with E-state index in [-0.39, 0.29) is 40.8 Å². The summed E-state index contributed by atoms with van der Waals surface area (Å²) in [6.07, 6.45) is 8.72. The number of amides is 2. The number of hydrogen-bond donors (Lipinski definition) is 4. The van der Waals surface area contributed by atoms with Crippen molar-refractivity contribution in [3.8, 4) is 0 Å². The van der Waals surface area contributed by atoms with Crippen LogP contribution in [-0.4, -0.2) is 60.8 Å². The predicted octanol–water partition coefficient (Wildman–Crippen LogP) is 4.77. The fraction of sp³-hybridized carbons (Fsp3) is 0.969. The van der Waals surface area contributed by atoms with Gasteiger partial charge in [-0.05, 0) is 115 Å². The number of carbonyl (C=O) groups is 1. The Kier molecular flexibility index (Phi) is 8.88. The van der Waals surface area contributed by atoms with E-state index >= 15 is 0 Å². The number of aliphatic hydroxyl groups excluding tert-OH is 2. The Morgan fingerprint density at radius 1 is 0.976 bits per heavy atom. The monoisotopic (exact) mass is 595 g/mol. The summed E-state index contributed by atoms with van der Waals surface area (Å²) in [4.78, 5) is 12.5. The van der Waals surface area contributed by atoms with Crippen molar-refractivity contribution in [1.29, 1.82) is 0 Å². The van der Waals surface area contributed by atoms with Crippen molar-refractivity contribution < 1.29 is 23.4 Å². The third kappa shape index (κ3) is 5.48. The van der Waals surface area contributed by atoms with Gasteiger partial charge in [-0.3, -0.25) is 0 Å². The molecule has 2 amide bonds. The molecule has 5 aliphatic rings. The van der Waals surface area contributed by atoms with E-state index in [1.165, 1.54) is 10.7 Å². The van der Waals surface area contributed by atoms with Gasteiger partial charge in [-0.15, -0.1) is 0 Å². The fourth-order valence-electron chi connectivity index (χ4n) is 11.0. The van der Waals surface area contributed by atoms with Crippen LogP contribution in [0.2, 0.25) is 0 Å². The first-order chi connectivity index (χ1) is 19.2. The van der Waals surface area contributed by atoms with Crippen molar-refractivity contribution in [1.82, 2.24) is 14.3 Å². The molecule has 5 fully saturated rings. The molecule has 0 aromatic carbocycles. The van der Waals surface area contributed by atoms with Crippen LogP contribution in [0, 0.1) is 64.1 Å². The number of aliphatic hydroxyl groups is 2. The van der Waals surface area contributed by atoms with E-state index in [4.69, 9.17) is 0 Å². The van der Waals surface area contributed by atoms with Gasteiger partial charge in [-0.25, -0.2) is 9.52 Å². The Balaban J connectivity index is 1.20. The van der Waals surface area contributed by atoms with Gasteiger partial charge in [0.15, 0.2) is 0 Å². The quantitative estimate of drug-likeness (QED) is 0.338. The number of hydrogen-bond acceptors (Lipinski definition) is 5. The maximum Gasteiger partial charge on any atom is 0.329 e. The van der Waals surface area contributed by atoms with E-state index in [1.54, 1.807) is 0 Å². The average molecular weight is 596 g/mol. The van der Waals surface area contributed by atoms with Crippen LogP contribution >= 0.6 is 0 Å². The molecule has 236 valence electrons. The molecule has 41 heavy (non-hydrogen) atoms. The zero-order valence-electron chi connectivity index (χ0n) is 26.3. The molecule has 4 saturated carbocycles. The lowest BCUT2D eigenvalue weighted by Gasteiger charge is -2.64. The van der Waals surface area contributed by atoms with Crippen molar-refractivity contribution in [2.45, 2.75) is 112 Å². The van der Waals surface area contributed by atoms with Crippen LogP contribution in [0.25, 0.3) is 0 Å². The molecule has 0 aromatic heterocycles. The predicted molar refractivity (Wildman–Crippen MR) is 161 cm³/mol. The van der Waals surface area contributed by atoms with E-state index in [9.17, 15) is 23.4 Å². The van der Waals surface area contributed by atoms with Crippen LogP contribution in [-0.2, 0) is 10.2 Å². The Morgan fingerprint density at radius 2 is 1.61 bits per heavy atom. The highest BCUT2D eigenvalue weighted by Gasteiger charge is 2.64. The summed E-state index contributed by atoms with van der Waals surface area (Å²) >= 11 is 0. The molecule has 5 rings (SSSR count). The third-order valence-corrected chi connectivity index (χ3v) is 15.0. The lowest BCUT2D eigenvalue weighted by atomic mass is 9.41. The smallest absolute Gasteiger partial charge is 0.329 e. The van der Waals surface area contributed by atoms with E-state index in [0.29, 0.717) is 55.1 Å². The summed E-state index contributed by atoms with van der Waals surface area (Å²) in [6.45, 7) is 14.9. The number of urea groups is 1. The van der Waals surface area contributed by atoms with E-state index in [0.717, 1.165) is 51.4 Å². The Hall–Kier alpha value is -0.900. The summed E-state index contributed by atoms with van der Waals surface area (Å²) in [5, 5.41) is 25.2. The minimum Gasteiger partial charge on any atom is -0.393 e. The Labute approximate surface area is 249 Å². The van der Waals surface area contributed by atoms with Gasteiger partial charge in [0, 0.05) is 19.6 Å². The van der Waals surface area contributed by atoms with Crippen molar-refractivity contribution in [2.24, 2.45) is 64.1 Å². The Bertz CT molecular complexity index is 1060. The second kappa shape index (κ2) is 11.6. The minimum atomic E-state index is -3.82. The summed E-state index contributed by atoms with van der Waals surface area (Å²) in [5.41, 5.74) is 0.379. The third-order valence-electron chi connectivity index (χ3n) is 13.6. The largest absolute Gasteiger partial charge is 0.393 e. The lowest BCUT2D eigenvalue weighted by Crippen LogP contribution is -2.62. The Morgan fingerprint density at radius 3 is 2.27 bits per heavy atom. The van der Waals surface area contributed by atoms with Crippen LogP contribution in [0.15, 0.2) is 0 Å². The number of nitrogens with zero attached hydrogens (tertiary/aromatic N) is 1. The molecule has 9 heteroatoms. The zero-order chi connectivity index (χ0) is 29.9. The van der Waals surface area contributed by atoms with Gasteiger partial charge in [-0.2, -0.15) is 12.7 Å². The SMILES string of the molecule is CC[C@H]1[C@@H](O)[C@@H]2[C@H](CC[C@]3(C)[C@@H]([C@H](C)CCNC(=O)NS(=O)(=O)N4CC(C)C(C)C4)CC[C@@H]23)[C@@]2(C)CC[C@@H](O)C[C@@H]12. The van der Waals surface area contributed by atoms with E-state index in [2.05, 4.69) is 37.7 Å². The van der Waals surface area contributed by atoms with Gasteiger partial charge in [0.1, 0.15) is 0 Å². The van der Waals surface area contributed by atoms with Gasteiger partial charge >= 0.3 is 16.2 Å². The molecule has 8 nitrogen and oxygen atoms in total. The van der Waals surface area contributed by atoms with Gasteiger partial charge < -0.3 is 15.5 Å². The normalized spacial score (nSPS) is 47.2. The number of carbonyl (C=O) groups excluding carboxylic acids is 1. The zero-order valence-corrected chi connectivity index (χ0v) is 27.1. The van der Waals surface area contributed by atoms with Gasteiger partial charge in [0.25, 0.3) is 0 Å². The summed E-state index contributed by atoms with van der Waals surface area (Å²) in [5.74, 6) is 3.53. The van der Waals surface area contributed by atoms with Gasteiger partial charge in [0.05, 0.1) is 12.2 Å². The van der Waals surface area contributed by atoms with Crippen LogP contribution in [0.4, 0.5) is 4.79 Å². The molecule has 1 saturated heterocycles. The van der Waals surface area contributed by atoms with Crippen molar-refractivity contribution >= 4 is 16.2 Å². The van der Waals surface area contributed by atoms with Crippen LogP contribution in [0.1, 0.15) is 99.3 Å². The van der Waals surface area contributed by atoms with Crippen LogP contribution in [0.3, 0.4) is 0 Å². The van der Waals surface area contributed by atoms with Gasteiger partial charge in [-0.1, -0.05) is 48.0 Å². The highest BCUT2D eigenvalue weighted by atomic mass is 32.2. The molecule has 13 atom stereocenters. The molecule has 0 bridgehead atoms. The summed E-state index contributed by atoms with van der Waals surface area (Å²) in [6, 6.07) is -0.642. The van der Waals surface area contributed by atoms with Crippen molar-refractivity contribution in [3.63, 3.8) is 0 Å². The van der Waals surface area contributed by atoms with Crippen LogP contribution < -0.4 is 10.0 Å². The first kappa shape index (κ1) is 31.5. The summed E-state index contributed by atoms with van der Waals surface area (Å²) in [7, 11) is -3.82. The van der Waals surface area contributed by atoms with Gasteiger partial charge in [0.2, 0.25) is 0 Å². The fourth-order valence-corrected chi connectivity index (χ4v) is 12.3. The van der Waals surface area contributed by atoms with Crippen molar-refractivity contribution in [2.75, 3.05) is 19.6 Å². The standard InChI is InChI=1S/C32H57N3O5S/c1-7-23-27-16-22(36)10-13-32(27,6)26-11-14-31(5)24(8-9-25(31)28(26)29(23)37)19(2)12-15-33-30(38)34-41(39,40)35-17-20(3)21(4)18-35/h19-29,36-37H,7-18H2,1-6H3,(H2,33,34,38)/t19-,20?,21?,22-,23-,24-,25+,26+,27+,28+,29-,31-,32-/m1/s1. The molecule has 4 N–H and O–H groups in total. The average Bonchev–Trinajstić information content (AvgIpc) is 3.44. The number of rotatable bonds is 7. The first-order valence-electron chi connectivity index (χ1n) is 16.6. The highest BCUT2D eigenvalue weighted by molar-refractivity contribution is 7.87. The molecule has 2 unspecified atom stereocenters. The van der Waals surface area contributed by atoms with Crippen molar-refractivity contribution in [3.05, 3.63) is 0 Å². The van der Waals surface area contributed by atoms with E-state index < -0.39 is 16.2 Å². The maximum absolute atomic E-state index is 12.7. The molecular weight excluding hydrogens is 538 g/mol. The molecular formula is C32H57N3O5S. The lowest BCUT2D eigenvalue weighted by molar-refractivity contribution is -0.203. The molecule has 0 spiro atoms. The maximum atomic E-state index is 12.7. The molecule has 4 aliphatic carbocycles. The summed E-state index contributed by atoms with van der Waals surface area (Å²) < 4.78 is 28.9. The molecule has 0 aromatic rings. The number of nitrogens with one attached hydrogen (secondary N) is 2. The highest BCUT2D eigenvalue weighted by Crippen LogP contribution is 2.69. The molecule has 0 radical (unpaired) electrons. The second-order valence-electron chi connectivity index (χ2n) is 15.5.